The summed E-state index contributed by atoms with van der Waals surface area (Å²) < 4.78 is 38.8. The molecule has 1 amide bonds. The Morgan fingerprint density at radius 2 is 1.65 bits per heavy atom. The first-order valence-electron chi connectivity index (χ1n) is 5.52. The molecule has 0 heterocycles. The summed E-state index contributed by atoms with van der Waals surface area (Å²) in [5.41, 5.74) is -0.188. The number of nitrogens with one attached hydrogen (secondary N) is 1. The number of amides is 1. The Labute approximate surface area is 112 Å². The Morgan fingerprint density at radius 1 is 0.950 bits per heavy atom. The van der Waals surface area contributed by atoms with E-state index in [0.717, 1.165) is 24.3 Å². The molecule has 2 aromatic carbocycles. The van der Waals surface area contributed by atoms with E-state index in [1.807, 2.05) is 0 Å². The number of rotatable bonds is 3. The Morgan fingerprint density at radius 3 is 2.30 bits per heavy atom. The number of hydrogen-bond acceptors (Lipinski definition) is 2. The second-order valence-corrected chi connectivity index (χ2v) is 3.94. The number of carbonyl (C=O) groups excluding carboxylic acids is 2. The topological polar surface area (TPSA) is 46.2 Å². The normalized spacial score (nSPS) is 10.2. The molecule has 0 atom stereocenters. The highest BCUT2D eigenvalue weighted by Gasteiger charge is 2.11. The SMILES string of the molecule is O=Cc1cc(C(=O)Nc2ccc(F)c(F)c2)ccc1F. The molecule has 0 aliphatic carbocycles. The van der Waals surface area contributed by atoms with Crippen LogP contribution in [-0.2, 0) is 0 Å². The highest BCUT2D eigenvalue weighted by molar-refractivity contribution is 6.05. The third kappa shape index (κ3) is 2.85. The van der Waals surface area contributed by atoms with Crippen molar-refractivity contribution in [3.8, 4) is 0 Å². The molecule has 0 aliphatic rings. The molecule has 0 saturated heterocycles. The summed E-state index contributed by atoms with van der Waals surface area (Å²) in [4.78, 5) is 22.4. The van der Waals surface area contributed by atoms with Crippen LogP contribution in [0.4, 0.5) is 18.9 Å². The fraction of sp³-hybridized carbons (Fsp3) is 0. The molecule has 6 heteroatoms. The molecule has 0 aromatic heterocycles. The van der Waals surface area contributed by atoms with Crippen molar-refractivity contribution in [2.45, 2.75) is 0 Å². The van der Waals surface area contributed by atoms with E-state index in [1.165, 1.54) is 12.1 Å². The molecule has 0 bridgehead atoms. The molecule has 2 aromatic rings. The maximum Gasteiger partial charge on any atom is 0.255 e. The van der Waals surface area contributed by atoms with Gasteiger partial charge in [-0.3, -0.25) is 9.59 Å². The standard InChI is InChI=1S/C14H8F3NO2/c15-11-3-1-8(5-9(11)7-19)14(20)18-10-2-4-12(16)13(17)6-10/h1-7H,(H,18,20). The van der Waals surface area contributed by atoms with Crippen LogP contribution in [0.2, 0.25) is 0 Å². The predicted octanol–water partition coefficient (Wildman–Crippen LogP) is 3.17. The van der Waals surface area contributed by atoms with Crippen molar-refractivity contribution in [3.63, 3.8) is 0 Å². The summed E-state index contributed by atoms with van der Waals surface area (Å²) >= 11 is 0. The average Bonchev–Trinajstić information content (AvgIpc) is 2.43. The van der Waals surface area contributed by atoms with E-state index in [-0.39, 0.29) is 23.1 Å². The van der Waals surface area contributed by atoms with Gasteiger partial charge in [0.25, 0.3) is 5.91 Å². The zero-order valence-corrected chi connectivity index (χ0v) is 9.99. The van der Waals surface area contributed by atoms with Gasteiger partial charge in [0.05, 0.1) is 5.56 Å². The Bertz CT molecular complexity index is 686. The number of halogens is 3. The third-order valence-corrected chi connectivity index (χ3v) is 2.56. The van der Waals surface area contributed by atoms with Crippen molar-refractivity contribution in [1.29, 1.82) is 0 Å². The van der Waals surface area contributed by atoms with Gasteiger partial charge in [-0.1, -0.05) is 0 Å². The lowest BCUT2D eigenvalue weighted by Crippen LogP contribution is -2.12. The Kier molecular flexibility index (Phi) is 3.84. The molecule has 0 radical (unpaired) electrons. The van der Waals surface area contributed by atoms with E-state index >= 15 is 0 Å². The van der Waals surface area contributed by atoms with Gasteiger partial charge in [0.15, 0.2) is 17.9 Å². The van der Waals surface area contributed by atoms with Gasteiger partial charge in [-0.2, -0.15) is 0 Å². The van der Waals surface area contributed by atoms with Crippen molar-refractivity contribution in [2.24, 2.45) is 0 Å². The molecule has 0 aliphatic heterocycles. The minimum atomic E-state index is -1.10. The lowest BCUT2D eigenvalue weighted by molar-refractivity contribution is 0.102. The number of anilines is 1. The van der Waals surface area contributed by atoms with Crippen LogP contribution < -0.4 is 5.32 Å². The number of benzene rings is 2. The zero-order chi connectivity index (χ0) is 14.7. The molecule has 0 fully saturated rings. The minimum absolute atomic E-state index is 0.0261. The van der Waals surface area contributed by atoms with Gasteiger partial charge in [0.1, 0.15) is 5.82 Å². The number of carbonyl (C=O) groups is 2. The van der Waals surface area contributed by atoms with Crippen molar-refractivity contribution in [3.05, 3.63) is 65.0 Å². The van der Waals surface area contributed by atoms with Gasteiger partial charge in [0.2, 0.25) is 0 Å². The first-order chi connectivity index (χ1) is 9.51. The van der Waals surface area contributed by atoms with Crippen molar-refractivity contribution < 1.29 is 22.8 Å². The summed E-state index contributed by atoms with van der Waals surface area (Å²) in [7, 11) is 0. The molecule has 1 N–H and O–H groups in total. The van der Waals surface area contributed by atoms with E-state index in [1.54, 1.807) is 0 Å². The van der Waals surface area contributed by atoms with E-state index < -0.39 is 23.4 Å². The van der Waals surface area contributed by atoms with Gasteiger partial charge in [-0.05, 0) is 30.3 Å². The summed E-state index contributed by atoms with van der Waals surface area (Å²) in [5.74, 6) is -3.55. The predicted molar refractivity (Wildman–Crippen MR) is 66.1 cm³/mol. The highest BCUT2D eigenvalue weighted by Crippen LogP contribution is 2.15. The minimum Gasteiger partial charge on any atom is -0.322 e. The smallest absolute Gasteiger partial charge is 0.255 e. The lowest BCUT2D eigenvalue weighted by atomic mass is 10.1. The molecular weight excluding hydrogens is 271 g/mol. The fourth-order valence-electron chi connectivity index (χ4n) is 1.55. The van der Waals surface area contributed by atoms with E-state index in [9.17, 15) is 22.8 Å². The van der Waals surface area contributed by atoms with Crippen LogP contribution in [-0.4, -0.2) is 12.2 Å². The number of hydrogen-bond donors (Lipinski definition) is 1. The van der Waals surface area contributed by atoms with E-state index in [2.05, 4.69) is 5.32 Å². The van der Waals surface area contributed by atoms with Crippen molar-refractivity contribution in [1.82, 2.24) is 0 Å². The molecule has 20 heavy (non-hydrogen) atoms. The van der Waals surface area contributed by atoms with Crippen LogP contribution in [0.15, 0.2) is 36.4 Å². The second kappa shape index (κ2) is 5.56. The first kappa shape index (κ1) is 13.8. The van der Waals surface area contributed by atoms with Crippen LogP contribution in [0.5, 0.6) is 0 Å². The fourth-order valence-corrected chi connectivity index (χ4v) is 1.55. The molecular formula is C14H8F3NO2. The van der Waals surface area contributed by atoms with Gasteiger partial charge in [0, 0.05) is 17.3 Å². The monoisotopic (exact) mass is 279 g/mol. The highest BCUT2D eigenvalue weighted by atomic mass is 19.2. The third-order valence-electron chi connectivity index (χ3n) is 2.56. The quantitative estimate of drug-likeness (QED) is 0.877. The van der Waals surface area contributed by atoms with E-state index in [4.69, 9.17) is 0 Å². The summed E-state index contributed by atoms with van der Waals surface area (Å²) in [6.07, 6.45) is 0.281. The van der Waals surface area contributed by atoms with Gasteiger partial charge in [-0.15, -0.1) is 0 Å². The molecule has 3 nitrogen and oxygen atoms in total. The molecule has 0 unspecified atom stereocenters. The van der Waals surface area contributed by atoms with Gasteiger partial charge < -0.3 is 5.32 Å². The molecule has 0 saturated carbocycles. The van der Waals surface area contributed by atoms with Gasteiger partial charge >= 0.3 is 0 Å². The molecule has 102 valence electrons. The lowest BCUT2D eigenvalue weighted by Gasteiger charge is -2.06. The van der Waals surface area contributed by atoms with Crippen LogP contribution >= 0.6 is 0 Å². The van der Waals surface area contributed by atoms with Gasteiger partial charge in [-0.25, -0.2) is 13.2 Å². The average molecular weight is 279 g/mol. The van der Waals surface area contributed by atoms with E-state index in [0.29, 0.717) is 0 Å². The summed E-state index contributed by atoms with van der Waals surface area (Å²) in [6, 6.07) is 6.09. The summed E-state index contributed by atoms with van der Waals surface area (Å²) in [6.45, 7) is 0. The van der Waals surface area contributed by atoms with Crippen molar-refractivity contribution in [2.75, 3.05) is 5.32 Å². The maximum atomic E-state index is 13.1. The van der Waals surface area contributed by atoms with Crippen molar-refractivity contribution >= 4 is 17.9 Å². The van der Waals surface area contributed by atoms with Crippen LogP contribution in [0, 0.1) is 17.5 Å². The summed E-state index contributed by atoms with van der Waals surface area (Å²) in [5, 5.41) is 2.31. The van der Waals surface area contributed by atoms with Crippen LogP contribution in [0.1, 0.15) is 20.7 Å². The van der Waals surface area contributed by atoms with Crippen LogP contribution in [0.3, 0.4) is 0 Å². The largest absolute Gasteiger partial charge is 0.322 e. The molecule has 2 rings (SSSR count). The molecule has 0 spiro atoms. The number of aldehydes is 1. The second-order valence-electron chi connectivity index (χ2n) is 3.94. The Balaban J connectivity index is 2.23. The zero-order valence-electron chi connectivity index (χ0n) is 9.99. The van der Waals surface area contributed by atoms with Crippen LogP contribution in [0.25, 0.3) is 0 Å². The first-order valence-corrected chi connectivity index (χ1v) is 5.52. The Hall–Kier alpha value is -2.63. The maximum absolute atomic E-state index is 13.1.